The number of rotatable bonds is 2. The lowest BCUT2D eigenvalue weighted by Crippen LogP contribution is -2.21. The van der Waals surface area contributed by atoms with Crippen LogP contribution in [0.1, 0.15) is 11.3 Å². The van der Waals surface area contributed by atoms with Gasteiger partial charge in [-0.25, -0.2) is 0 Å². The highest BCUT2D eigenvalue weighted by atomic mass is 79.9. The van der Waals surface area contributed by atoms with Gasteiger partial charge in [0.25, 0.3) is 0 Å². The zero-order valence-corrected chi connectivity index (χ0v) is 10.0. The van der Waals surface area contributed by atoms with Crippen LogP contribution < -0.4 is 0 Å². The molecule has 2 heterocycles. The number of nitrogens with zero attached hydrogens (tertiary/aromatic N) is 1. The van der Waals surface area contributed by atoms with Crippen molar-refractivity contribution in [3.8, 4) is 6.07 Å². The first-order chi connectivity index (χ1) is 6.76. The van der Waals surface area contributed by atoms with Crippen LogP contribution in [0.15, 0.2) is 15.9 Å². The number of thiophene rings is 1. The van der Waals surface area contributed by atoms with Gasteiger partial charge in [0, 0.05) is 22.4 Å². The number of hydrogen-bond donors (Lipinski definition) is 0. The molecule has 1 aliphatic rings. The summed E-state index contributed by atoms with van der Waals surface area (Å²) >= 11 is 5.18. The highest BCUT2D eigenvalue weighted by Gasteiger charge is 2.36. The largest absolute Gasteiger partial charge is 0.380 e. The summed E-state index contributed by atoms with van der Waals surface area (Å²) in [6, 6.07) is 4.43. The van der Waals surface area contributed by atoms with Gasteiger partial charge in [-0.3, -0.25) is 0 Å². The molecule has 0 bridgehead atoms. The van der Waals surface area contributed by atoms with Gasteiger partial charge in [-0.15, -0.1) is 11.3 Å². The standard InChI is InChI=1S/C10H10BrNOS/c11-8-1-4-14-9(8)5-10(6-12)2-3-13-7-10/h1,4H,2-3,5,7H2. The summed E-state index contributed by atoms with van der Waals surface area (Å²) in [5.41, 5.74) is -0.284. The van der Waals surface area contributed by atoms with Gasteiger partial charge in [-0.1, -0.05) is 0 Å². The zero-order valence-electron chi connectivity index (χ0n) is 7.62. The summed E-state index contributed by atoms with van der Waals surface area (Å²) < 4.78 is 6.42. The van der Waals surface area contributed by atoms with Crippen LogP contribution in [0.2, 0.25) is 0 Å². The fraction of sp³-hybridized carbons (Fsp3) is 0.500. The Hall–Kier alpha value is -0.370. The van der Waals surface area contributed by atoms with E-state index >= 15 is 0 Å². The van der Waals surface area contributed by atoms with E-state index in [0.717, 1.165) is 23.9 Å². The van der Waals surface area contributed by atoms with Gasteiger partial charge in [0.1, 0.15) is 0 Å². The van der Waals surface area contributed by atoms with Crippen LogP contribution in [0.3, 0.4) is 0 Å². The van der Waals surface area contributed by atoms with Crippen molar-refractivity contribution in [2.75, 3.05) is 13.2 Å². The molecule has 1 aromatic heterocycles. The fourth-order valence-electron chi connectivity index (χ4n) is 1.63. The second-order valence-corrected chi connectivity index (χ2v) is 5.42. The van der Waals surface area contributed by atoms with Gasteiger partial charge in [-0.05, 0) is 33.8 Å². The monoisotopic (exact) mass is 271 g/mol. The van der Waals surface area contributed by atoms with Gasteiger partial charge >= 0.3 is 0 Å². The maximum atomic E-state index is 9.17. The molecule has 0 spiro atoms. The van der Waals surface area contributed by atoms with E-state index in [1.165, 1.54) is 4.88 Å². The molecule has 0 N–H and O–H groups in total. The maximum absolute atomic E-state index is 9.17. The minimum Gasteiger partial charge on any atom is -0.380 e. The van der Waals surface area contributed by atoms with Crippen molar-refractivity contribution in [1.82, 2.24) is 0 Å². The first-order valence-corrected chi connectivity index (χ1v) is 6.14. The third-order valence-corrected chi connectivity index (χ3v) is 4.46. The van der Waals surface area contributed by atoms with Crippen LogP contribution in [0, 0.1) is 16.7 Å². The second-order valence-electron chi connectivity index (χ2n) is 3.56. The van der Waals surface area contributed by atoms with Gasteiger partial charge in [0.2, 0.25) is 0 Å². The number of ether oxygens (including phenoxy) is 1. The highest BCUT2D eigenvalue weighted by molar-refractivity contribution is 9.10. The van der Waals surface area contributed by atoms with Crippen molar-refractivity contribution in [3.63, 3.8) is 0 Å². The normalized spacial score (nSPS) is 26.3. The van der Waals surface area contributed by atoms with Crippen molar-refractivity contribution < 1.29 is 4.74 Å². The minimum atomic E-state index is -0.284. The molecule has 2 rings (SSSR count). The van der Waals surface area contributed by atoms with Gasteiger partial charge in [-0.2, -0.15) is 5.26 Å². The summed E-state index contributed by atoms with van der Waals surface area (Å²) in [6.45, 7) is 1.30. The molecule has 1 atom stereocenters. The Morgan fingerprint density at radius 2 is 2.57 bits per heavy atom. The molecule has 1 aliphatic heterocycles. The number of halogens is 1. The van der Waals surface area contributed by atoms with Gasteiger partial charge < -0.3 is 4.74 Å². The molecule has 4 heteroatoms. The Kier molecular flexibility index (Phi) is 2.91. The van der Waals surface area contributed by atoms with E-state index in [1.54, 1.807) is 11.3 Å². The molecule has 0 aliphatic carbocycles. The van der Waals surface area contributed by atoms with Crippen LogP contribution >= 0.6 is 27.3 Å². The topological polar surface area (TPSA) is 33.0 Å². The SMILES string of the molecule is N#CC1(Cc2sccc2Br)CCOC1. The van der Waals surface area contributed by atoms with Crippen molar-refractivity contribution in [2.45, 2.75) is 12.8 Å². The van der Waals surface area contributed by atoms with E-state index < -0.39 is 0 Å². The van der Waals surface area contributed by atoms with Crippen LogP contribution in [0.4, 0.5) is 0 Å². The summed E-state index contributed by atoms with van der Waals surface area (Å²) in [5.74, 6) is 0. The first kappa shape index (κ1) is 10.2. The van der Waals surface area contributed by atoms with Crippen LogP contribution in [-0.2, 0) is 11.2 Å². The average molecular weight is 272 g/mol. The molecular formula is C10H10BrNOS. The van der Waals surface area contributed by atoms with Crippen molar-refractivity contribution in [2.24, 2.45) is 5.41 Å². The zero-order chi connectivity index (χ0) is 10.0. The first-order valence-electron chi connectivity index (χ1n) is 4.47. The molecule has 1 fully saturated rings. The van der Waals surface area contributed by atoms with Crippen LogP contribution in [0.5, 0.6) is 0 Å². The van der Waals surface area contributed by atoms with Gasteiger partial charge in [0.05, 0.1) is 18.1 Å². The number of hydrogen-bond acceptors (Lipinski definition) is 3. The predicted molar refractivity (Wildman–Crippen MR) is 59.2 cm³/mol. The minimum absolute atomic E-state index is 0.284. The van der Waals surface area contributed by atoms with Crippen molar-refractivity contribution in [1.29, 1.82) is 5.26 Å². The van der Waals surface area contributed by atoms with Gasteiger partial charge in [0.15, 0.2) is 0 Å². The molecule has 1 saturated heterocycles. The lowest BCUT2D eigenvalue weighted by molar-refractivity contribution is 0.172. The fourth-order valence-corrected chi connectivity index (χ4v) is 3.27. The van der Waals surface area contributed by atoms with Crippen molar-refractivity contribution in [3.05, 3.63) is 20.8 Å². The predicted octanol–water partition coefficient (Wildman–Crippen LogP) is 2.98. The van der Waals surface area contributed by atoms with E-state index in [1.807, 2.05) is 11.4 Å². The Bertz CT molecular complexity index is 362. The Morgan fingerprint density at radius 1 is 1.71 bits per heavy atom. The number of nitriles is 1. The molecule has 0 aromatic carbocycles. The quantitative estimate of drug-likeness (QED) is 0.829. The van der Waals surface area contributed by atoms with E-state index in [9.17, 15) is 0 Å². The Labute approximate surface area is 95.6 Å². The van der Waals surface area contributed by atoms with E-state index in [2.05, 4.69) is 22.0 Å². The smallest absolute Gasteiger partial charge is 0.0877 e. The lowest BCUT2D eigenvalue weighted by atomic mass is 9.85. The van der Waals surface area contributed by atoms with Crippen LogP contribution in [-0.4, -0.2) is 13.2 Å². The molecule has 2 nitrogen and oxygen atoms in total. The Balaban J connectivity index is 2.17. The molecule has 0 radical (unpaired) electrons. The molecule has 0 saturated carbocycles. The second kappa shape index (κ2) is 4.01. The Morgan fingerprint density at radius 3 is 3.07 bits per heavy atom. The molecule has 1 aromatic rings. The molecular weight excluding hydrogens is 262 g/mol. The van der Waals surface area contributed by atoms with E-state index in [0.29, 0.717) is 6.61 Å². The molecule has 74 valence electrons. The summed E-state index contributed by atoms with van der Waals surface area (Å²) in [4.78, 5) is 1.25. The van der Waals surface area contributed by atoms with Crippen molar-refractivity contribution >= 4 is 27.3 Å². The van der Waals surface area contributed by atoms with E-state index in [4.69, 9.17) is 10.00 Å². The maximum Gasteiger partial charge on any atom is 0.0877 e. The summed E-state index contributed by atoms with van der Waals surface area (Å²) in [5, 5.41) is 11.2. The third-order valence-electron chi connectivity index (χ3n) is 2.53. The average Bonchev–Trinajstić information content (AvgIpc) is 2.79. The highest BCUT2D eigenvalue weighted by Crippen LogP contribution is 2.36. The molecule has 1 unspecified atom stereocenters. The van der Waals surface area contributed by atoms with Crippen LogP contribution in [0.25, 0.3) is 0 Å². The molecule has 0 amide bonds. The summed E-state index contributed by atoms with van der Waals surface area (Å²) in [7, 11) is 0. The molecule has 14 heavy (non-hydrogen) atoms. The lowest BCUT2D eigenvalue weighted by Gasteiger charge is -2.17. The summed E-state index contributed by atoms with van der Waals surface area (Å²) in [6.07, 6.45) is 1.66. The third kappa shape index (κ3) is 1.85. The van der Waals surface area contributed by atoms with E-state index in [-0.39, 0.29) is 5.41 Å².